The summed E-state index contributed by atoms with van der Waals surface area (Å²) in [5.41, 5.74) is 1.21. The monoisotopic (exact) mass is 368 g/mol. The van der Waals surface area contributed by atoms with Crippen LogP contribution in [0, 0.1) is 5.92 Å². The van der Waals surface area contributed by atoms with E-state index in [0.717, 1.165) is 31.4 Å². The van der Waals surface area contributed by atoms with Crippen LogP contribution >= 0.6 is 0 Å². The second kappa shape index (κ2) is 9.47. The molecule has 0 aliphatic carbocycles. The van der Waals surface area contributed by atoms with Crippen molar-refractivity contribution in [3.63, 3.8) is 0 Å². The van der Waals surface area contributed by atoms with Crippen LogP contribution in [-0.2, 0) is 13.0 Å². The fraction of sp³-hybridized carbons (Fsp3) is 0.636. The Labute approximate surface area is 162 Å². The summed E-state index contributed by atoms with van der Waals surface area (Å²) in [6, 6.07) is 10.3. The standard InChI is InChI=1S/C22H32N4O/c1-2-7-13-25(12-6-1)16-20-11-8-14-26(17-20)18-22-24-23-21(27-22)15-19-9-4-3-5-10-19/h3-5,9-10,20H,1-2,6-8,11-18H2. The minimum absolute atomic E-state index is 0.714. The molecule has 1 unspecified atom stereocenters. The summed E-state index contributed by atoms with van der Waals surface area (Å²) in [6.45, 7) is 6.95. The van der Waals surface area contributed by atoms with Crippen molar-refractivity contribution >= 4 is 0 Å². The molecule has 1 aromatic heterocycles. The molecular weight excluding hydrogens is 336 g/mol. The molecule has 27 heavy (non-hydrogen) atoms. The van der Waals surface area contributed by atoms with Crippen LogP contribution in [0.15, 0.2) is 34.7 Å². The summed E-state index contributed by atoms with van der Waals surface area (Å²) in [5.74, 6) is 2.26. The van der Waals surface area contributed by atoms with Crippen molar-refractivity contribution in [3.05, 3.63) is 47.7 Å². The Bertz CT molecular complexity index is 679. The zero-order valence-electron chi connectivity index (χ0n) is 16.4. The van der Waals surface area contributed by atoms with Gasteiger partial charge >= 0.3 is 0 Å². The molecule has 5 heteroatoms. The zero-order chi connectivity index (χ0) is 18.3. The Morgan fingerprint density at radius 2 is 1.59 bits per heavy atom. The lowest BCUT2D eigenvalue weighted by Gasteiger charge is -2.34. The third-order valence-corrected chi connectivity index (χ3v) is 5.88. The average molecular weight is 369 g/mol. The average Bonchev–Trinajstić information content (AvgIpc) is 2.96. The zero-order valence-corrected chi connectivity index (χ0v) is 16.4. The summed E-state index contributed by atoms with van der Waals surface area (Å²) in [4.78, 5) is 5.21. The predicted molar refractivity (Wildman–Crippen MR) is 106 cm³/mol. The summed E-state index contributed by atoms with van der Waals surface area (Å²) in [6.07, 6.45) is 8.93. The van der Waals surface area contributed by atoms with E-state index in [4.69, 9.17) is 4.42 Å². The van der Waals surface area contributed by atoms with Crippen LogP contribution in [0.25, 0.3) is 0 Å². The largest absolute Gasteiger partial charge is 0.424 e. The van der Waals surface area contributed by atoms with Gasteiger partial charge in [0.2, 0.25) is 11.8 Å². The molecule has 0 N–H and O–H groups in total. The van der Waals surface area contributed by atoms with Gasteiger partial charge in [0.05, 0.1) is 13.0 Å². The van der Waals surface area contributed by atoms with Crippen LogP contribution in [0.2, 0.25) is 0 Å². The van der Waals surface area contributed by atoms with E-state index in [1.807, 2.05) is 18.2 Å². The van der Waals surface area contributed by atoms with E-state index in [1.165, 1.54) is 63.7 Å². The highest BCUT2D eigenvalue weighted by atomic mass is 16.4. The van der Waals surface area contributed by atoms with Crippen LogP contribution < -0.4 is 0 Å². The molecule has 0 saturated carbocycles. The molecule has 0 radical (unpaired) electrons. The number of rotatable bonds is 6. The quantitative estimate of drug-likeness (QED) is 0.777. The summed E-state index contributed by atoms with van der Waals surface area (Å²) >= 11 is 0. The maximum atomic E-state index is 5.92. The first-order valence-corrected chi connectivity index (χ1v) is 10.6. The lowest BCUT2D eigenvalue weighted by Crippen LogP contribution is -2.41. The molecular formula is C22H32N4O. The van der Waals surface area contributed by atoms with Crippen LogP contribution in [0.4, 0.5) is 0 Å². The molecule has 0 amide bonds. The number of likely N-dealkylation sites (tertiary alicyclic amines) is 2. The lowest BCUT2D eigenvalue weighted by atomic mass is 9.97. The molecule has 1 atom stereocenters. The van der Waals surface area contributed by atoms with Crippen molar-refractivity contribution in [2.45, 2.75) is 51.5 Å². The third kappa shape index (κ3) is 5.63. The highest BCUT2D eigenvalue weighted by Gasteiger charge is 2.24. The van der Waals surface area contributed by atoms with E-state index in [-0.39, 0.29) is 0 Å². The molecule has 2 aliphatic heterocycles. The molecule has 0 bridgehead atoms. The number of hydrogen-bond donors (Lipinski definition) is 0. The Morgan fingerprint density at radius 1 is 0.852 bits per heavy atom. The highest BCUT2D eigenvalue weighted by Crippen LogP contribution is 2.21. The number of aromatic nitrogens is 2. The number of piperidine rings is 1. The second-order valence-corrected chi connectivity index (χ2v) is 8.21. The van der Waals surface area contributed by atoms with Crippen molar-refractivity contribution in [1.29, 1.82) is 0 Å². The van der Waals surface area contributed by atoms with Gasteiger partial charge in [-0.15, -0.1) is 10.2 Å². The van der Waals surface area contributed by atoms with Gasteiger partial charge in [-0.05, 0) is 56.8 Å². The molecule has 2 aliphatic rings. The van der Waals surface area contributed by atoms with Crippen molar-refractivity contribution in [3.8, 4) is 0 Å². The van der Waals surface area contributed by atoms with Crippen LogP contribution in [0.1, 0.15) is 55.9 Å². The first-order valence-electron chi connectivity index (χ1n) is 10.6. The topological polar surface area (TPSA) is 45.4 Å². The predicted octanol–water partition coefficient (Wildman–Crippen LogP) is 3.75. The van der Waals surface area contributed by atoms with Gasteiger partial charge in [0, 0.05) is 13.1 Å². The first kappa shape index (κ1) is 18.6. The minimum atomic E-state index is 0.714. The van der Waals surface area contributed by atoms with E-state index in [0.29, 0.717) is 12.3 Å². The summed E-state index contributed by atoms with van der Waals surface area (Å²) < 4.78 is 5.92. The normalized spacial score (nSPS) is 22.6. The molecule has 3 heterocycles. The molecule has 146 valence electrons. The lowest BCUT2D eigenvalue weighted by molar-refractivity contribution is 0.121. The van der Waals surface area contributed by atoms with E-state index in [1.54, 1.807) is 0 Å². The first-order chi connectivity index (χ1) is 13.3. The SMILES string of the molecule is c1ccc(Cc2nnc(CN3CCCC(CN4CCCCCC4)C3)o2)cc1. The molecule has 0 spiro atoms. The van der Waals surface area contributed by atoms with E-state index < -0.39 is 0 Å². The number of benzene rings is 1. The van der Waals surface area contributed by atoms with E-state index in [9.17, 15) is 0 Å². The van der Waals surface area contributed by atoms with Gasteiger partial charge in [-0.2, -0.15) is 0 Å². The summed E-state index contributed by atoms with van der Waals surface area (Å²) in [5, 5.41) is 8.54. The molecule has 4 rings (SSSR count). The molecule has 5 nitrogen and oxygen atoms in total. The molecule has 1 aromatic carbocycles. The number of hydrogen-bond acceptors (Lipinski definition) is 5. The third-order valence-electron chi connectivity index (χ3n) is 5.88. The van der Waals surface area contributed by atoms with Gasteiger partial charge in [0.25, 0.3) is 0 Å². The molecule has 2 aromatic rings. The van der Waals surface area contributed by atoms with Gasteiger partial charge in [-0.25, -0.2) is 0 Å². The number of nitrogens with zero attached hydrogens (tertiary/aromatic N) is 4. The Kier molecular flexibility index (Phi) is 6.53. The Balaban J connectivity index is 1.27. The molecule has 2 fully saturated rings. The smallest absolute Gasteiger partial charge is 0.230 e. The Morgan fingerprint density at radius 3 is 2.41 bits per heavy atom. The van der Waals surface area contributed by atoms with Crippen molar-refractivity contribution in [2.75, 3.05) is 32.7 Å². The summed E-state index contributed by atoms with van der Waals surface area (Å²) in [7, 11) is 0. The maximum absolute atomic E-state index is 5.92. The van der Waals surface area contributed by atoms with Crippen LogP contribution in [0.5, 0.6) is 0 Å². The van der Waals surface area contributed by atoms with E-state index in [2.05, 4.69) is 32.1 Å². The van der Waals surface area contributed by atoms with Gasteiger partial charge in [0.1, 0.15) is 0 Å². The highest BCUT2D eigenvalue weighted by molar-refractivity contribution is 5.17. The van der Waals surface area contributed by atoms with Gasteiger partial charge < -0.3 is 9.32 Å². The Hall–Kier alpha value is -1.72. The van der Waals surface area contributed by atoms with E-state index >= 15 is 0 Å². The minimum Gasteiger partial charge on any atom is -0.424 e. The molecule has 2 saturated heterocycles. The second-order valence-electron chi connectivity index (χ2n) is 8.21. The van der Waals surface area contributed by atoms with Crippen LogP contribution in [0.3, 0.4) is 0 Å². The fourth-order valence-corrected chi connectivity index (χ4v) is 4.51. The van der Waals surface area contributed by atoms with Crippen molar-refractivity contribution in [2.24, 2.45) is 5.92 Å². The van der Waals surface area contributed by atoms with Gasteiger partial charge in [0.15, 0.2) is 0 Å². The van der Waals surface area contributed by atoms with Crippen molar-refractivity contribution < 1.29 is 4.42 Å². The van der Waals surface area contributed by atoms with Gasteiger partial charge in [-0.1, -0.05) is 43.2 Å². The fourth-order valence-electron chi connectivity index (χ4n) is 4.51. The van der Waals surface area contributed by atoms with Crippen LogP contribution in [-0.4, -0.2) is 52.7 Å². The van der Waals surface area contributed by atoms with Gasteiger partial charge in [-0.3, -0.25) is 4.90 Å². The maximum Gasteiger partial charge on any atom is 0.230 e. The van der Waals surface area contributed by atoms with Crippen molar-refractivity contribution in [1.82, 2.24) is 20.0 Å².